The van der Waals surface area contributed by atoms with Crippen LogP contribution in [0.3, 0.4) is 0 Å². The summed E-state index contributed by atoms with van der Waals surface area (Å²) in [7, 11) is 0. The molecular formula is C48H51Br. The van der Waals surface area contributed by atoms with E-state index in [1.165, 1.54) is 88.3 Å². The van der Waals surface area contributed by atoms with Gasteiger partial charge in [0.15, 0.2) is 0 Å². The van der Waals surface area contributed by atoms with E-state index < -0.39 is 0 Å². The zero-order chi connectivity index (χ0) is 35.4. The molecule has 7 rings (SSSR count). The quantitative estimate of drug-likeness (QED) is 0.168. The molecule has 0 amide bonds. The Morgan fingerprint density at radius 1 is 0.388 bits per heavy atom. The van der Waals surface area contributed by atoms with Crippen molar-refractivity contribution in [3.05, 3.63) is 118 Å². The highest BCUT2D eigenvalue weighted by atomic mass is 79.9. The lowest BCUT2D eigenvalue weighted by Crippen LogP contribution is -2.17. The van der Waals surface area contributed by atoms with Gasteiger partial charge in [-0.3, -0.25) is 0 Å². The van der Waals surface area contributed by atoms with E-state index in [4.69, 9.17) is 0 Å². The fourth-order valence-electron chi connectivity index (χ4n) is 7.63. The van der Waals surface area contributed by atoms with Crippen molar-refractivity contribution in [3.63, 3.8) is 0 Å². The second kappa shape index (κ2) is 11.2. The molecule has 0 heterocycles. The summed E-state index contributed by atoms with van der Waals surface area (Å²) in [6.45, 7) is 28.1. The van der Waals surface area contributed by atoms with E-state index in [0.717, 1.165) is 4.47 Å². The number of fused-ring (bicyclic) bond motifs is 4. The largest absolute Gasteiger partial charge is 0.0610 e. The van der Waals surface area contributed by atoms with Crippen LogP contribution in [0.15, 0.2) is 95.5 Å². The average Bonchev–Trinajstić information content (AvgIpc) is 3.33. The van der Waals surface area contributed by atoms with Crippen LogP contribution in [0.25, 0.3) is 66.1 Å². The Morgan fingerprint density at radius 2 is 0.776 bits per heavy atom. The molecule has 0 radical (unpaired) electrons. The van der Waals surface area contributed by atoms with Gasteiger partial charge in [0.2, 0.25) is 0 Å². The smallest absolute Gasteiger partial charge is 0.0181 e. The molecular weight excluding hydrogens is 656 g/mol. The molecule has 250 valence electrons. The molecule has 0 aromatic heterocycles. The van der Waals surface area contributed by atoms with Gasteiger partial charge in [-0.2, -0.15) is 0 Å². The maximum absolute atomic E-state index is 3.93. The Morgan fingerprint density at radius 3 is 1.16 bits per heavy atom. The maximum atomic E-state index is 3.93. The summed E-state index contributed by atoms with van der Waals surface area (Å²) < 4.78 is 1.10. The monoisotopic (exact) mass is 706 g/mol. The Hall–Kier alpha value is -3.68. The molecule has 6 aromatic rings. The maximum Gasteiger partial charge on any atom is 0.0181 e. The van der Waals surface area contributed by atoms with Gasteiger partial charge in [0, 0.05) is 4.47 Å². The fraction of sp³-hybridized carbons (Fsp3) is 0.333. The second-order valence-electron chi connectivity index (χ2n) is 18.5. The Kier molecular flexibility index (Phi) is 7.70. The van der Waals surface area contributed by atoms with E-state index in [9.17, 15) is 0 Å². The standard InChI is InChI=1S/C48H51Br/c1-45(2,3)31-21-29(22-32(25-31)46(4,5)6)41-36-20-19-35(49)27-39(36)42(30-23-33(47(7,8)9)26-34(24-30)48(10,11)12)44-38-18-14-16-28-15-13-17-37(40(28)38)43(41)44/h13-27H,1-12H3. The summed E-state index contributed by atoms with van der Waals surface area (Å²) in [4.78, 5) is 0. The molecule has 49 heavy (non-hydrogen) atoms. The first kappa shape index (κ1) is 33.8. The number of halogens is 1. The molecule has 0 spiro atoms. The number of hydrogen-bond donors (Lipinski definition) is 0. The average molecular weight is 708 g/mol. The first-order valence-electron chi connectivity index (χ1n) is 17.9. The van der Waals surface area contributed by atoms with E-state index in [-0.39, 0.29) is 21.7 Å². The SMILES string of the molecule is CC(C)(C)c1cc(-c2c3c(c(-c4cc(C(C)(C)C)cc(C(C)(C)C)c4)c4cc(Br)ccc24)-c2cccc4cccc-3c24)cc(C(C)(C)C)c1. The predicted molar refractivity (Wildman–Crippen MR) is 219 cm³/mol. The van der Waals surface area contributed by atoms with Crippen molar-refractivity contribution in [2.45, 2.75) is 105 Å². The van der Waals surface area contributed by atoms with Crippen molar-refractivity contribution in [1.29, 1.82) is 0 Å². The minimum Gasteiger partial charge on any atom is -0.0610 e. The van der Waals surface area contributed by atoms with Crippen molar-refractivity contribution < 1.29 is 0 Å². The number of hydrogen-bond acceptors (Lipinski definition) is 0. The van der Waals surface area contributed by atoms with Gasteiger partial charge in [-0.1, -0.05) is 178 Å². The molecule has 6 aromatic carbocycles. The highest BCUT2D eigenvalue weighted by Crippen LogP contribution is 2.58. The summed E-state index contributed by atoms with van der Waals surface area (Å²) in [5.41, 5.74) is 16.2. The lowest BCUT2D eigenvalue weighted by molar-refractivity contribution is 0.568. The van der Waals surface area contributed by atoms with Gasteiger partial charge in [-0.25, -0.2) is 0 Å². The van der Waals surface area contributed by atoms with E-state index in [2.05, 4.69) is 190 Å². The molecule has 0 aliphatic heterocycles. The molecule has 0 saturated carbocycles. The van der Waals surface area contributed by atoms with Crippen LogP contribution in [0.4, 0.5) is 0 Å². The highest BCUT2D eigenvalue weighted by molar-refractivity contribution is 9.10. The van der Waals surface area contributed by atoms with Crippen LogP contribution in [-0.2, 0) is 21.7 Å². The Balaban J connectivity index is 1.73. The summed E-state index contributed by atoms with van der Waals surface area (Å²) in [6.07, 6.45) is 0. The van der Waals surface area contributed by atoms with Crippen LogP contribution < -0.4 is 0 Å². The second-order valence-corrected chi connectivity index (χ2v) is 19.4. The number of rotatable bonds is 2. The zero-order valence-corrected chi connectivity index (χ0v) is 33.1. The fourth-order valence-corrected chi connectivity index (χ4v) is 7.99. The van der Waals surface area contributed by atoms with E-state index in [0.29, 0.717) is 0 Å². The van der Waals surface area contributed by atoms with Gasteiger partial charge in [0.05, 0.1) is 0 Å². The third kappa shape index (κ3) is 5.77. The van der Waals surface area contributed by atoms with Crippen molar-refractivity contribution >= 4 is 37.5 Å². The lowest BCUT2D eigenvalue weighted by atomic mass is 9.75. The third-order valence-corrected chi connectivity index (χ3v) is 11.1. The molecule has 0 nitrogen and oxygen atoms in total. The van der Waals surface area contributed by atoms with E-state index >= 15 is 0 Å². The molecule has 0 N–H and O–H groups in total. The van der Waals surface area contributed by atoms with Gasteiger partial charge in [-0.05, 0) is 122 Å². The van der Waals surface area contributed by atoms with Gasteiger partial charge < -0.3 is 0 Å². The van der Waals surface area contributed by atoms with Crippen molar-refractivity contribution in [3.8, 4) is 44.5 Å². The summed E-state index contributed by atoms with van der Waals surface area (Å²) >= 11 is 3.93. The third-order valence-electron chi connectivity index (χ3n) is 10.6. The number of benzene rings is 6. The van der Waals surface area contributed by atoms with Crippen molar-refractivity contribution in [2.75, 3.05) is 0 Å². The molecule has 0 saturated heterocycles. The van der Waals surface area contributed by atoms with E-state index in [1.807, 2.05) is 0 Å². The molecule has 1 heteroatoms. The highest BCUT2D eigenvalue weighted by Gasteiger charge is 2.33. The first-order chi connectivity index (χ1) is 22.7. The first-order valence-corrected chi connectivity index (χ1v) is 18.7. The minimum atomic E-state index is 0.00917. The van der Waals surface area contributed by atoms with Crippen LogP contribution in [0.2, 0.25) is 0 Å². The molecule has 1 aliphatic rings. The van der Waals surface area contributed by atoms with Gasteiger partial charge in [0.1, 0.15) is 0 Å². The normalized spacial score (nSPS) is 13.4. The summed E-state index contributed by atoms with van der Waals surface area (Å²) in [5.74, 6) is 0. The van der Waals surface area contributed by atoms with Crippen molar-refractivity contribution in [1.82, 2.24) is 0 Å². The molecule has 1 aliphatic carbocycles. The Labute approximate surface area is 303 Å². The van der Waals surface area contributed by atoms with Crippen LogP contribution in [0.1, 0.15) is 105 Å². The van der Waals surface area contributed by atoms with Gasteiger partial charge >= 0.3 is 0 Å². The van der Waals surface area contributed by atoms with Gasteiger partial charge in [-0.15, -0.1) is 0 Å². The van der Waals surface area contributed by atoms with E-state index in [1.54, 1.807) is 0 Å². The molecule has 0 bridgehead atoms. The van der Waals surface area contributed by atoms with Crippen molar-refractivity contribution in [2.24, 2.45) is 0 Å². The molecule has 0 unspecified atom stereocenters. The van der Waals surface area contributed by atoms with Crippen LogP contribution >= 0.6 is 15.9 Å². The summed E-state index contributed by atoms with van der Waals surface area (Å²) in [5, 5.41) is 5.25. The predicted octanol–water partition coefficient (Wildman–Crippen LogP) is 14.9. The van der Waals surface area contributed by atoms with Crippen LogP contribution in [0.5, 0.6) is 0 Å². The molecule has 0 atom stereocenters. The van der Waals surface area contributed by atoms with Crippen LogP contribution in [-0.4, -0.2) is 0 Å². The summed E-state index contributed by atoms with van der Waals surface area (Å²) in [6, 6.07) is 35.5. The molecule has 0 fully saturated rings. The zero-order valence-electron chi connectivity index (χ0n) is 31.5. The van der Waals surface area contributed by atoms with Gasteiger partial charge in [0.25, 0.3) is 0 Å². The lowest BCUT2D eigenvalue weighted by Gasteiger charge is -2.29. The van der Waals surface area contributed by atoms with Crippen LogP contribution in [0, 0.1) is 0 Å². The minimum absolute atomic E-state index is 0.00917. The Bertz CT molecular complexity index is 2230. The topological polar surface area (TPSA) is 0 Å².